The smallest absolute Gasteiger partial charge is 0.313 e. The van der Waals surface area contributed by atoms with Gasteiger partial charge >= 0.3 is 11.8 Å². The van der Waals surface area contributed by atoms with E-state index < -0.39 is 11.8 Å². The first-order valence-corrected chi connectivity index (χ1v) is 6.30. The van der Waals surface area contributed by atoms with Gasteiger partial charge < -0.3 is 10.2 Å². The number of carbonyl (C=O) groups is 2. The average Bonchev–Trinajstić information content (AvgIpc) is 2.43. The molecule has 0 atom stereocenters. The van der Waals surface area contributed by atoms with E-state index >= 15 is 0 Å². The van der Waals surface area contributed by atoms with E-state index in [1.54, 1.807) is 24.4 Å². The predicted octanol–water partition coefficient (Wildman–Crippen LogP) is 1.50. The van der Waals surface area contributed by atoms with Gasteiger partial charge in [-0.2, -0.15) is 0 Å². The lowest BCUT2D eigenvalue weighted by atomic mass is 10.2. The summed E-state index contributed by atoms with van der Waals surface area (Å²) in [6.45, 7) is 3.25. The van der Waals surface area contributed by atoms with Crippen LogP contribution in [-0.4, -0.2) is 42.6 Å². The zero-order chi connectivity index (χ0) is 13.8. The Balaban J connectivity index is 2.02. The zero-order valence-electron chi connectivity index (χ0n) is 10.5. The number of carbonyl (C=O) groups excluding carboxylic acids is 2. The summed E-state index contributed by atoms with van der Waals surface area (Å²) in [6.07, 6.45) is 1.64. The number of anilines is 1. The van der Waals surface area contributed by atoms with Crippen molar-refractivity contribution in [2.75, 3.05) is 25.0 Å². The molecule has 1 heterocycles. The number of aryl methyl sites for hydroxylation is 1. The summed E-state index contributed by atoms with van der Waals surface area (Å²) in [5, 5.41) is 3.10. The number of nitrogens with one attached hydrogen (secondary N) is 1. The minimum atomic E-state index is -0.657. The van der Waals surface area contributed by atoms with Crippen LogP contribution in [0.4, 0.5) is 5.69 Å². The first-order chi connectivity index (χ1) is 9.08. The van der Waals surface area contributed by atoms with Gasteiger partial charge in [0, 0.05) is 23.5 Å². The summed E-state index contributed by atoms with van der Waals surface area (Å²) >= 11 is 5.96. The number of halogens is 1. The van der Waals surface area contributed by atoms with E-state index in [2.05, 4.69) is 10.3 Å². The standard InChI is InChI=1S/C13H14ClN3O2/c1-9-2-3-10(8-11(9)14)16-12(18)13(19)17-6-4-15-5-7-17/h2-4,8H,5-7H2,1H3,(H,16,18). The maximum absolute atomic E-state index is 11.9. The van der Waals surface area contributed by atoms with E-state index in [0.29, 0.717) is 30.3 Å². The Bertz CT molecular complexity index is 543. The maximum Gasteiger partial charge on any atom is 0.313 e. The Morgan fingerprint density at radius 2 is 2.21 bits per heavy atom. The van der Waals surface area contributed by atoms with Gasteiger partial charge in [-0.05, 0) is 24.6 Å². The molecule has 0 saturated heterocycles. The number of hydrogen-bond donors (Lipinski definition) is 1. The third-order valence-electron chi connectivity index (χ3n) is 2.84. The van der Waals surface area contributed by atoms with Gasteiger partial charge in [-0.3, -0.25) is 14.6 Å². The second kappa shape index (κ2) is 5.84. The fraction of sp³-hybridized carbons (Fsp3) is 0.308. The molecular formula is C13H14ClN3O2. The molecule has 1 aromatic rings. The normalized spacial score (nSPS) is 14.3. The summed E-state index contributed by atoms with van der Waals surface area (Å²) in [6, 6.07) is 5.12. The molecule has 0 fully saturated rings. The Hall–Kier alpha value is -1.88. The van der Waals surface area contributed by atoms with E-state index in [-0.39, 0.29) is 0 Å². The molecular weight excluding hydrogens is 266 g/mol. The van der Waals surface area contributed by atoms with Crippen LogP contribution >= 0.6 is 11.6 Å². The van der Waals surface area contributed by atoms with Crippen molar-refractivity contribution in [3.63, 3.8) is 0 Å². The SMILES string of the molecule is Cc1ccc(NC(=O)C(=O)N2CC=NCC2)cc1Cl. The van der Waals surface area contributed by atoms with Crippen LogP contribution in [0, 0.1) is 6.92 Å². The highest BCUT2D eigenvalue weighted by molar-refractivity contribution is 6.40. The van der Waals surface area contributed by atoms with Gasteiger partial charge in [0.2, 0.25) is 0 Å². The van der Waals surface area contributed by atoms with Crippen LogP contribution in [0.2, 0.25) is 5.02 Å². The molecule has 2 amide bonds. The van der Waals surface area contributed by atoms with Gasteiger partial charge in [-0.15, -0.1) is 0 Å². The Morgan fingerprint density at radius 1 is 1.42 bits per heavy atom. The molecule has 1 aliphatic rings. The van der Waals surface area contributed by atoms with Crippen LogP contribution in [0.25, 0.3) is 0 Å². The predicted molar refractivity (Wildman–Crippen MR) is 74.8 cm³/mol. The third-order valence-corrected chi connectivity index (χ3v) is 3.25. The molecule has 6 heteroatoms. The molecule has 1 aromatic carbocycles. The number of benzene rings is 1. The van der Waals surface area contributed by atoms with Crippen LogP contribution < -0.4 is 5.32 Å². The van der Waals surface area contributed by atoms with Gasteiger partial charge in [-0.1, -0.05) is 17.7 Å². The van der Waals surface area contributed by atoms with Crippen molar-refractivity contribution >= 4 is 35.3 Å². The zero-order valence-corrected chi connectivity index (χ0v) is 11.3. The summed E-state index contributed by atoms with van der Waals surface area (Å²) < 4.78 is 0. The number of amides is 2. The Kier molecular flexibility index (Phi) is 4.16. The quantitative estimate of drug-likeness (QED) is 0.792. The molecule has 0 spiro atoms. The molecule has 1 N–H and O–H groups in total. The molecule has 0 bridgehead atoms. The van der Waals surface area contributed by atoms with E-state index in [0.717, 1.165) is 5.56 Å². The molecule has 5 nitrogen and oxygen atoms in total. The summed E-state index contributed by atoms with van der Waals surface area (Å²) in [5.41, 5.74) is 1.43. The first kappa shape index (κ1) is 13.5. The molecule has 1 aliphatic heterocycles. The number of rotatable bonds is 1. The minimum absolute atomic E-state index is 0.376. The van der Waals surface area contributed by atoms with E-state index in [4.69, 9.17) is 11.6 Å². The van der Waals surface area contributed by atoms with Crippen LogP contribution in [0.5, 0.6) is 0 Å². The summed E-state index contributed by atoms with van der Waals surface area (Å²) in [5.74, 6) is -1.21. The fourth-order valence-corrected chi connectivity index (χ4v) is 1.88. The minimum Gasteiger partial charge on any atom is -0.327 e. The third kappa shape index (κ3) is 3.32. The van der Waals surface area contributed by atoms with Gasteiger partial charge in [0.05, 0.1) is 13.1 Å². The molecule has 19 heavy (non-hydrogen) atoms. The van der Waals surface area contributed by atoms with E-state index in [1.807, 2.05) is 6.92 Å². The van der Waals surface area contributed by atoms with Crippen molar-refractivity contribution < 1.29 is 9.59 Å². The van der Waals surface area contributed by atoms with Crippen LogP contribution in [0.1, 0.15) is 5.56 Å². The number of nitrogens with zero attached hydrogens (tertiary/aromatic N) is 2. The Labute approximate surface area is 116 Å². The number of hydrogen-bond acceptors (Lipinski definition) is 3. The highest BCUT2D eigenvalue weighted by atomic mass is 35.5. The molecule has 0 radical (unpaired) electrons. The topological polar surface area (TPSA) is 61.8 Å². The first-order valence-electron chi connectivity index (χ1n) is 5.92. The molecule has 100 valence electrons. The van der Waals surface area contributed by atoms with Crippen molar-refractivity contribution in [1.29, 1.82) is 0 Å². The summed E-state index contributed by atoms with van der Waals surface area (Å²) in [4.78, 5) is 29.2. The maximum atomic E-state index is 11.9. The van der Waals surface area contributed by atoms with Gasteiger partial charge in [0.25, 0.3) is 0 Å². The monoisotopic (exact) mass is 279 g/mol. The number of aliphatic imine (C=N–C) groups is 1. The largest absolute Gasteiger partial charge is 0.327 e. The van der Waals surface area contributed by atoms with Crippen molar-refractivity contribution in [2.45, 2.75) is 6.92 Å². The molecule has 2 rings (SSSR count). The molecule has 0 aromatic heterocycles. The molecule has 0 saturated carbocycles. The van der Waals surface area contributed by atoms with E-state index in [1.165, 1.54) is 4.90 Å². The lowest BCUT2D eigenvalue weighted by Gasteiger charge is -2.22. The second-order valence-corrected chi connectivity index (χ2v) is 4.67. The van der Waals surface area contributed by atoms with Gasteiger partial charge in [0.1, 0.15) is 0 Å². The fourth-order valence-electron chi connectivity index (χ4n) is 1.70. The molecule has 0 aliphatic carbocycles. The van der Waals surface area contributed by atoms with Gasteiger partial charge in [-0.25, -0.2) is 0 Å². The lowest BCUT2D eigenvalue weighted by molar-refractivity contribution is -0.142. The van der Waals surface area contributed by atoms with Crippen molar-refractivity contribution in [2.24, 2.45) is 4.99 Å². The van der Waals surface area contributed by atoms with E-state index in [9.17, 15) is 9.59 Å². The lowest BCUT2D eigenvalue weighted by Crippen LogP contribution is -2.43. The highest BCUT2D eigenvalue weighted by Gasteiger charge is 2.22. The van der Waals surface area contributed by atoms with Crippen LogP contribution in [0.3, 0.4) is 0 Å². The van der Waals surface area contributed by atoms with Crippen LogP contribution in [-0.2, 0) is 9.59 Å². The van der Waals surface area contributed by atoms with Crippen molar-refractivity contribution in [1.82, 2.24) is 4.90 Å². The van der Waals surface area contributed by atoms with Crippen LogP contribution in [0.15, 0.2) is 23.2 Å². The van der Waals surface area contributed by atoms with Crippen molar-refractivity contribution in [3.8, 4) is 0 Å². The van der Waals surface area contributed by atoms with Crippen molar-refractivity contribution in [3.05, 3.63) is 28.8 Å². The van der Waals surface area contributed by atoms with Gasteiger partial charge in [0.15, 0.2) is 0 Å². The average molecular weight is 280 g/mol. The second-order valence-electron chi connectivity index (χ2n) is 4.26. The highest BCUT2D eigenvalue weighted by Crippen LogP contribution is 2.19. The summed E-state index contributed by atoms with van der Waals surface area (Å²) in [7, 11) is 0. The molecule has 0 unspecified atom stereocenters. The Morgan fingerprint density at radius 3 is 2.84 bits per heavy atom.